The Morgan fingerprint density at radius 3 is 2.65 bits per heavy atom. The molecule has 1 N–H and O–H groups in total. The highest BCUT2D eigenvalue weighted by molar-refractivity contribution is 5.86. The van der Waals surface area contributed by atoms with Crippen molar-refractivity contribution in [2.75, 3.05) is 0 Å². The van der Waals surface area contributed by atoms with E-state index in [4.69, 9.17) is 4.52 Å². The van der Waals surface area contributed by atoms with E-state index in [1.165, 1.54) is 42.0 Å². The normalized spacial score (nSPS) is 24.2. The average molecular weight is 456 g/mol. The van der Waals surface area contributed by atoms with E-state index < -0.39 is 0 Å². The molecule has 34 heavy (non-hydrogen) atoms. The highest BCUT2D eigenvalue weighted by Gasteiger charge is 2.29. The fourth-order valence-corrected chi connectivity index (χ4v) is 5.64. The molecule has 0 spiro atoms. The molecule has 2 unspecified atom stereocenters. The summed E-state index contributed by atoms with van der Waals surface area (Å²) < 4.78 is 5.50. The van der Waals surface area contributed by atoms with Crippen molar-refractivity contribution >= 4 is 16.3 Å². The van der Waals surface area contributed by atoms with Crippen LogP contribution >= 0.6 is 0 Å². The zero-order valence-corrected chi connectivity index (χ0v) is 20.9. The molecule has 5 rings (SSSR count). The Kier molecular flexibility index (Phi) is 6.44. The summed E-state index contributed by atoms with van der Waals surface area (Å²) in [6.45, 7) is 8.61. The fourth-order valence-electron chi connectivity index (χ4n) is 5.64. The molecule has 3 aromatic rings. The second-order valence-electron chi connectivity index (χ2n) is 11.2. The number of allylic oxidation sites excluding steroid dienone is 4. The van der Waals surface area contributed by atoms with Crippen LogP contribution < -0.4 is 5.32 Å². The van der Waals surface area contributed by atoms with Gasteiger partial charge in [0.15, 0.2) is 0 Å². The Labute approximate surface area is 203 Å². The van der Waals surface area contributed by atoms with Gasteiger partial charge >= 0.3 is 0 Å². The highest BCUT2D eigenvalue weighted by Crippen LogP contribution is 2.37. The summed E-state index contributed by atoms with van der Waals surface area (Å²) in [5, 5.41) is 10.9. The van der Waals surface area contributed by atoms with E-state index in [2.05, 4.69) is 104 Å². The third kappa shape index (κ3) is 4.88. The van der Waals surface area contributed by atoms with Crippen LogP contribution in [0, 0.1) is 11.8 Å². The van der Waals surface area contributed by atoms with Gasteiger partial charge in [-0.1, -0.05) is 93.0 Å². The van der Waals surface area contributed by atoms with Crippen LogP contribution in [0.1, 0.15) is 83.1 Å². The van der Waals surface area contributed by atoms with Crippen LogP contribution in [0.4, 0.5) is 0 Å². The number of aromatic nitrogens is 2. The van der Waals surface area contributed by atoms with Gasteiger partial charge in [0.2, 0.25) is 11.7 Å². The zero-order chi connectivity index (χ0) is 23.7. The van der Waals surface area contributed by atoms with E-state index in [1.54, 1.807) is 0 Å². The quantitative estimate of drug-likeness (QED) is 0.436. The second kappa shape index (κ2) is 9.50. The number of nitrogens with zero attached hydrogens (tertiary/aromatic N) is 2. The van der Waals surface area contributed by atoms with Crippen molar-refractivity contribution in [2.45, 2.75) is 77.3 Å². The second-order valence-corrected chi connectivity index (χ2v) is 11.2. The largest absolute Gasteiger partial charge is 0.338 e. The van der Waals surface area contributed by atoms with Crippen molar-refractivity contribution < 1.29 is 4.52 Å². The van der Waals surface area contributed by atoms with Gasteiger partial charge in [0, 0.05) is 23.1 Å². The predicted octanol–water partition coefficient (Wildman–Crippen LogP) is 7.39. The van der Waals surface area contributed by atoms with Gasteiger partial charge in [-0.15, -0.1) is 0 Å². The molecule has 2 aliphatic rings. The summed E-state index contributed by atoms with van der Waals surface area (Å²) in [5.41, 5.74) is 2.37. The Morgan fingerprint density at radius 1 is 1.06 bits per heavy atom. The van der Waals surface area contributed by atoms with Crippen LogP contribution in [0.25, 0.3) is 16.3 Å². The van der Waals surface area contributed by atoms with E-state index in [1.807, 2.05) is 0 Å². The summed E-state index contributed by atoms with van der Waals surface area (Å²) in [6.07, 6.45) is 13.1. The van der Waals surface area contributed by atoms with Crippen LogP contribution in [0.5, 0.6) is 0 Å². The minimum atomic E-state index is -0.125. The number of rotatable bonds is 5. The van der Waals surface area contributed by atoms with Crippen molar-refractivity contribution in [1.29, 1.82) is 0 Å². The fraction of sp³-hybridized carbons (Fsp3) is 0.467. The van der Waals surface area contributed by atoms with Crippen LogP contribution in [0.15, 0.2) is 65.2 Å². The number of nitrogens with one attached hydrogen (secondary N) is 1. The molecule has 2 aromatic carbocycles. The molecule has 4 nitrogen and oxygen atoms in total. The molecular weight excluding hydrogens is 418 g/mol. The predicted molar refractivity (Wildman–Crippen MR) is 139 cm³/mol. The molecule has 178 valence electrons. The summed E-state index contributed by atoms with van der Waals surface area (Å²) in [5.74, 6) is 2.72. The van der Waals surface area contributed by atoms with Gasteiger partial charge in [-0.05, 0) is 60.8 Å². The van der Waals surface area contributed by atoms with Gasteiger partial charge in [0.1, 0.15) is 0 Å². The molecule has 0 aliphatic heterocycles. The Balaban J connectivity index is 1.21. The molecule has 1 heterocycles. The third-order valence-corrected chi connectivity index (χ3v) is 7.55. The van der Waals surface area contributed by atoms with E-state index in [0.717, 1.165) is 17.9 Å². The Bertz CT molecular complexity index is 1190. The molecule has 0 saturated heterocycles. The van der Waals surface area contributed by atoms with Crippen LogP contribution in [0.2, 0.25) is 0 Å². The summed E-state index contributed by atoms with van der Waals surface area (Å²) in [6, 6.07) is 16.3. The van der Waals surface area contributed by atoms with Gasteiger partial charge in [-0.25, -0.2) is 0 Å². The smallest absolute Gasteiger partial charge is 0.232 e. The maximum atomic E-state index is 5.50. The van der Waals surface area contributed by atoms with Crippen LogP contribution in [-0.2, 0) is 5.41 Å². The SMILES string of the molecule is C[C@@H](NC1CCC[C@H](C2C=CC(c3noc(C(C)(C)C)n3)=CC2)C1)c1cccc2ccccc12. The molecule has 4 heteroatoms. The minimum absolute atomic E-state index is 0.125. The first-order valence-electron chi connectivity index (χ1n) is 12.8. The standard InChI is InChI=1S/C30H37N3O/c1-20(26-14-8-10-22-9-5-6-13-27(22)26)31-25-12-7-11-24(19-25)21-15-17-23(18-16-21)28-32-29(34-33-28)30(2,3)4/h5-6,8-10,13-15,17-18,20-21,24-25,31H,7,11-12,16,19H2,1-4H3/t20-,21?,24+,25?/m1/s1. The van der Waals surface area contributed by atoms with Crippen LogP contribution in [0.3, 0.4) is 0 Å². The minimum Gasteiger partial charge on any atom is -0.338 e. The first-order valence-corrected chi connectivity index (χ1v) is 12.8. The molecule has 4 atom stereocenters. The maximum absolute atomic E-state index is 5.50. The van der Waals surface area contributed by atoms with Crippen molar-refractivity contribution in [1.82, 2.24) is 15.5 Å². The highest BCUT2D eigenvalue weighted by atomic mass is 16.5. The van der Waals surface area contributed by atoms with E-state index in [9.17, 15) is 0 Å². The van der Waals surface area contributed by atoms with Crippen molar-refractivity contribution in [3.05, 3.63) is 78.0 Å². The Hall–Kier alpha value is -2.72. The zero-order valence-electron chi connectivity index (χ0n) is 20.9. The number of fused-ring (bicyclic) bond motifs is 1. The summed E-state index contributed by atoms with van der Waals surface area (Å²) in [7, 11) is 0. The van der Waals surface area contributed by atoms with Crippen LogP contribution in [-0.4, -0.2) is 16.2 Å². The monoisotopic (exact) mass is 455 g/mol. The first kappa shape index (κ1) is 23.0. The topological polar surface area (TPSA) is 51.0 Å². The van der Waals surface area contributed by atoms with E-state index in [0.29, 0.717) is 29.7 Å². The van der Waals surface area contributed by atoms with Crippen molar-refractivity contribution in [3.8, 4) is 0 Å². The first-order chi connectivity index (χ1) is 16.4. The molecule has 1 fully saturated rings. The number of hydrogen-bond acceptors (Lipinski definition) is 4. The molecule has 1 aromatic heterocycles. The lowest BCUT2D eigenvalue weighted by Crippen LogP contribution is -2.37. The summed E-state index contributed by atoms with van der Waals surface area (Å²) >= 11 is 0. The van der Waals surface area contributed by atoms with E-state index in [-0.39, 0.29) is 5.41 Å². The summed E-state index contributed by atoms with van der Waals surface area (Å²) in [4.78, 5) is 4.63. The Morgan fingerprint density at radius 2 is 1.88 bits per heavy atom. The van der Waals surface area contributed by atoms with E-state index >= 15 is 0 Å². The van der Waals surface area contributed by atoms with Gasteiger partial charge < -0.3 is 9.84 Å². The lowest BCUT2D eigenvalue weighted by atomic mass is 9.74. The molecule has 1 saturated carbocycles. The third-order valence-electron chi connectivity index (χ3n) is 7.55. The molecular formula is C30H37N3O. The number of benzene rings is 2. The van der Waals surface area contributed by atoms with Gasteiger partial charge in [0.25, 0.3) is 0 Å². The molecule has 0 bridgehead atoms. The molecule has 0 amide bonds. The number of hydrogen-bond donors (Lipinski definition) is 1. The average Bonchev–Trinajstić information content (AvgIpc) is 3.35. The maximum Gasteiger partial charge on any atom is 0.232 e. The molecule has 0 radical (unpaired) electrons. The lowest BCUT2D eigenvalue weighted by Gasteiger charge is -2.36. The van der Waals surface area contributed by atoms with Gasteiger partial charge in [-0.2, -0.15) is 4.98 Å². The molecule has 2 aliphatic carbocycles. The van der Waals surface area contributed by atoms with Crippen molar-refractivity contribution in [2.24, 2.45) is 11.8 Å². The van der Waals surface area contributed by atoms with Gasteiger partial charge in [-0.3, -0.25) is 0 Å². The lowest BCUT2D eigenvalue weighted by molar-refractivity contribution is 0.228. The van der Waals surface area contributed by atoms with Crippen molar-refractivity contribution in [3.63, 3.8) is 0 Å². The van der Waals surface area contributed by atoms with Gasteiger partial charge in [0.05, 0.1) is 0 Å².